The summed E-state index contributed by atoms with van der Waals surface area (Å²) in [5.41, 5.74) is -0.913. The summed E-state index contributed by atoms with van der Waals surface area (Å²) in [6, 6.07) is 3.19. The Kier molecular flexibility index (Phi) is 6.83. The highest BCUT2D eigenvalue weighted by Crippen LogP contribution is 2.31. The van der Waals surface area contributed by atoms with E-state index in [2.05, 4.69) is 15.2 Å². The molecule has 2 heterocycles. The van der Waals surface area contributed by atoms with E-state index in [-0.39, 0.29) is 17.7 Å². The van der Waals surface area contributed by atoms with Gasteiger partial charge in [0.2, 0.25) is 0 Å². The lowest BCUT2D eigenvalue weighted by atomic mass is 9.80. The maximum Gasteiger partial charge on any atom is 0.331 e. The molecule has 0 saturated carbocycles. The lowest BCUT2D eigenvalue weighted by Crippen LogP contribution is -2.43. The van der Waals surface area contributed by atoms with Crippen molar-refractivity contribution in [3.8, 4) is 0 Å². The molecule has 0 aromatic carbocycles. The molecular formula is C18H22N4O6. The van der Waals surface area contributed by atoms with Gasteiger partial charge >= 0.3 is 11.9 Å². The zero-order valence-electron chi connectivity index (χ0n) is 15.4. The van der Waals surface area contributed by atoms with Crippen molar-refractivity contribution in [3.63, 3.8) is 0 Å². The Morgan fingerprint density at radius 1 is 1.29 bits per heavy atom. The van der Waals surface area contributed by atoms with Crippen molar-refractivity contribution in [2.75, 3.05) is 31.1 Å². The molecule has 28 heavy (non-hydrogen) atoms. The summed E-state index contributed by atoms with van der Waals surface area (Å²) in [6.45, 7) is 5.15. The molecule has 2 aliphatic rings. The van der Waals surface area contributed by atoms with E-state index in [1.807, 2.05) is 0 Å². The number of piperazine rings is 1. The Morgan fingerprint density at radius 3 is 2.46 bits per heavy atom. The van der Waals surface area contributed by atoms with Crippen LogP contribution in [-0.4, -0.2) is 58.2 Å². The monoisotopic (exact) mass is 390 g/mol. The third kappa shape index (κ3) is 5.36. The molecule has 1 aromatic heterocycles. The minimum absolute atomic E-state index is 0.0359. The highest BCUT2D eigenvalue weighted by atomic mass is 16.6. The second-order valence-corrected chi connectivity index (χ2v) is 6.62. The van der Waals surface area contributed by atoms with Gasteiger partial charge in [-0.25, -0.2) is 9.78 Å². The molecule has 1 unspecified atom stereocenters. The van der Waals surface area contributed by atoms with E-state index in [1.54, 1.807) is 6.07 Å². The van der Waals surface area contributed by atoms with Crippen LogP contribution in [0, 0.1) is 15.5 Å². The normalized spacial score (nSPS) is 21.2. The van der Waals surface area contributed by atoms with E-state index >= 15 is 0 Å². The third-order valence-corrected chi connectivity index (χ3v) is 4.47. The molecule has 1 fully saturated rings. The number of carbonyl (C=O) groups is 2. The van der Waals surface area contributed by atoms with Crippen LogP contribution in [0.1, 0.15) is 13.3 Å². The zero-order chi connectivity index (χ0) is 20.7. The van der Waals surface area contributed by atoms with E-state index in [0.717, 1.165) is 32.0 Å². The number of aliphatic carboxylic acids is 2. The van der Waals surface area contributed by atoms with Gasteiger partial charge < -0.3 is 20.4 Å². The van der Waals surface area contributed by atoms with E-state index in [9.17, 15) is 19.7 Å². The van der Waals surface area contributed by atoms with Gasteiger partial charge in [0.25, 0.3) is 5.69 Å². The van der Waals surface area contributed by atoms with Gasteiger partial charge in [0, 0.05) is 37.8 Å². The number of allylic oxidation sites excluding steroid dienone is 2. The largest absolute Gasteiger partial charge is 0.481 e. The van der Waals surface area contributed by atoms with Crippen LogP contribution in [0.25, 0.3) is 0 Å². The number of nitro groups is 1. The molecule has 1 aliphatic heterocycles. The SMILES string of the molecule is CC1(C(=O)O)C=CC=C(C(=O)O)C1.O=[N+]([O-])c1ccc(N2CCNCC2)nc1. The number of carboxylic acids is 2. The fourth-order valence-electron chi connectivity index (χ4n) is 2.75. The maximum atomic E-state index is 10.8. The number of carboxylic acid groups (broad SMARTS) is 2. The van der Waals surface area contributed by atoms with Gasteiger partial charge in [-0.1, -0.05) is 18.2 Å². The molecule has 1 aromatic rings. The van der Waals surface area contributed by atoms with Gasteiger partial charge in [0.15, 0.2) is 0 Å². The number of nitrogens with one attached hydrogen (secondary N) is 1. The molecule has 0 amide bonds. The topological polar surface area (TPSA) is 146 Å². The first-order chi connectivity index (χ1) is 13.2. The fourth-order valence-corrected chi connectivity index (χ4v) is 2.75. The Morgan fingerprint density at radius 2 is 1.96 bits per heavy atom. The van der Waals surface area contributed by atoms with Crippen LogP contribution in [0.4, 0.5) is 11.5 Å². The molecule has 0 spiro atoms. The van der Waals surface area contributed by atoms with Crippen molar-refractivity contribution in [3.05, 3.63) is 52.2 Å². The molecule has 3 rings (SSSR count). The van der Waals surface area contributed by atoms with Gasteiger partial charge in [0.1, 0.15) is 12.0 Å². The van der Waals surface area contributed by atoms with Gasteiger partial charge in [-0.2, -0.15) is 0 Å². The average Bonchev–Trinajstić information content (AvgIpc) is 2.69. The van der Waals surface area contributed by atoms with Crippen molar-refractivity contribution >= 4 is 23.4 Å². The fraction of sp³-hybridized carbons (Fsp3) is 0.389. The number of hydrogen-bond donors (Lipinski definition) is 3. The Bertz CT molecular complexity index is 799. The first-order valence-electron chi connectivity index (χ1n) is 8.64. The van der Waals surface area contributed by atoms with Crippen LogP contribution in [0.2, 0.25) is 0 Å². The summed E-state index contributed by atoms with van der Waals surface area (Å²) in [7, 11) is 0. The predicted octanol–water partition coefficient (Wildman–Crippen LogP) is 1.45. The van der Waals surface area contributed by atoms with Crippen LogP contribution >= 0.6 is 0 Å². The van der Waals surface area contributed by atoms with Gasteiger partial charge in [0.05, 0.1) is 10.3 Å². The zero-order valence-corrected chi connectivity index (χ0v) is 15.4. The van der Waals surface area contributed by atoms with Crippen molar-refractivity contribution < 1.29 is 24.7 Å². The van der Waals surface area contributed by atoms with Crippen LogP contribution < -0.4 is 10.2 Å². The lowest BCUT2D eigenvalue weighted by Gasteiger charge is -2.28. The van der Waals surface area contributed by atoms with Gasteiger partial charge in [-0.05, 0) is 19.4 Å². The summed E-state index contributed by atoms with van der Waals surface area (Å²) in [6.07, 6.45) is 5.74. The summed E-state index contributed by atoms with van der Waals surface area (Å²) in [5, 5.41) is 31.1. The minimum Gasteiger partial charge on any atom is -0.481 e. The van der Waals surface area contributed by atoms with E-state index in [1.165, 1.54) is 37.4 Å². The smallest absolute Gasteiger partial charge is 0.331 e. The molecule has 10 nitrogen and oxygen atoms in total. The van der Waals surface area contributed by atoms with Crippen LogP contribution in [0.5, 0.6) is 0 Å². The summed E-state index contributed by atoms with van der Waals surface area (Å²) in [5.74, 6) is -1.26. The van der Waals surface area contributed by atoms with Crippen LogP contribution in [0.3, 0.4) is 0 Å². The summed E-state index contributed by atoms with van der Waals surface area (Å²) < 4.78 is 0. The Hall–Kier alpha value is -3.27. The summed E-state index contributed by atoms with van der Waals surface area (Å²) in [4.78, 5) is 37.5. The van der Waals surface area contributed by atoms with Crippen molar-refractivity contribution in [1.82, 2.24) is 10.3 Å². The highest BCUT2D eigenvalue weighted by Gasteiger charge is 2.34. The standard InChI is InChI=1S/C9H12N4O2.C9H10O4/c14-13(15)8-1-2-9(11-7-8)12-5-3-10-4-6-12;1-9(8(12)13)4-2-3-6(5-9)7(10)11/h1-2,7,10H,3-6H2;2-4H,5H2,1H3,(H,10,11)(H,12,13). The second-order valence-electron chi connectivity index (χ2n) is 6.62. The second kappa shape index (κ2) is 9.09. The number of pyridine rings is 1. The highest BCUT2D eigenvalue weighted by molar-refractivity contribution is 5.90. The molecule has 1 saturated heterocycles. The van der Waals surface area contributed by atoms with E-state index in [4.69, 9.17) is 10.2 Å². The predicted molar refractivity (Wildman–Crippen MR) is 101 cm³/mol. The quantitative estimate of drug-likeness (QED) is 0.513. The molecule has 3 N–H and O–H groups in total. The Balaban J connectivity index is 0.000000203. The van der Waals surface area contributed by atoms with E-state index in [0.29, 0.717) is 0 Å². The van der Waals surface area contributed by atoms with Gasteiger partial charge in [-0.3, -0.25) is 14.9 Å². The molecule has 10 heteroatoms. The summed E-state index contributed by atoms with van der Waals surface area (Å²) >= 11 is 0. The first kappa shape index (κ1) is 21.0. The molecule has 0 bridgehead atoms. The van der Waals surface area contributed by atoms with Crippen molar-refractivity contribution in [2.24, 2.45) is 5.41 Å². The number of aromatic nitrogens is 1. The lowest BCUT2D eigenvalue weighted by molar-refractivity contribution is -0.385. The first-order valence-corrected chi connectivity index (χ1v) is 8.64. The van der Waals surface area contributed by atoms with Gasteiger partial charge in [-0.15, -0.1) is 0 Å². The average molecular weight is 390 g/mol. The van der Waals surface area contributed by atoms with Crippen molar-refractivity contribution in [2.45, 2.75) is 13.3 Å². The molecule has 1 atom stereocenters. The maximum absolute atomic E-state index is 10.8. The number of anilines is 1. The van der Waals surface area contributed by atoms with Crippen molar-refractivity contribution in [1.29, 1.82) is 0 Å². The Labute approximate surface area is 161 Å². The number of hydrogen-bond acceptors (Lipinski definition) is 7. The van der Waals surface area contributed by atoms with Crippen LogP contribution in [-0.2, 0) is 9.59 Å². The number of rotatable bonds is 4. The molecular weight excluding hydrogens is 368 g/mol. The third-order valence-electron chi connectivity index (χ3n) is 4.47. The number of nitrogens with zero attached hydrogens (tertiary/aromatic N) is 3. The minimum atomic E-state index is -1.08. The molecule has 0 radical (unpaired) electrons. The molecule has 1 aliphatic carbocycles. The molecule has 150 valence electrons. The van der Waals surface area contributed by atoms with E-state index < -0.39 is 22.3 Å². The van der Waals surface area contributed by atoms with Crippen LogP contribution in [0.15, 0.2) is 42.1 Å².